The largest absolute Gasteiger partial charge is 0.497 e. The van der Waals surface area contributed by atoms with Gasteiger partial charge in [-0.2, -0.15) is 0 Å². The molecule has 0 bridgehead atoms. The fraction of sp³-hybridized carbons (Fsp3) is 0.176. The Hall–Kier alpha value is -2.04. The predicted octanol–water partition coefficient (Wildman–Crippen LogP) is 3.95. The Morgan fingerprint density at radius 3 is 2.67 bits per heavy atom. The van der Waals surface area contributed by atoms with E-state index in [1.807, 2.05) is 30.3 Å². The molecule has 3 nitrogen and oxygen atoms in total. The molecule has 2 N–H and O–H groups in total. The maximum absolute atomic E-state index is 5.84. The van der Waals surface area contributed by atoms with Gasteiger partial charge in [0.25, 0.3) is 0 Å². The molecule has 0 aliphatic heterocycles. The zero-order valence-electron chi connectivity index (χ0n) is 11.8. The van der Waals surface area contributed by atoms with Crippen molar-refractivity contribution in [3.8, 4) is 11.5 Å². The lowest BCUT2D eigenvalue weighted by molar-refractivity contribution is 0.307. The summed E-state index contributed by atoms with van der Waals surface area (Å²) >= 11 is 1.74. The average Bonchev–Trinajstić information content (AvgIpc) is 2.96. The van der Waals surface area contributed by atoms with Crippen LogP contribution in [0, 0.1) is 0 Å². The van der Waals surface area contributed by atoms with Crippen LogP contribution in [0.5, 0.6) is 11.5 Å². The highest BCUT2D eigenvalue weighted by Gasteiger charge is 2.06. The molecule has 1 heterocycles. The van der Waals surface area contributed by atoms with Gasteiger partial charge in [-0.05, 0) is 35.2 Å². The van der Waals surface area contributed by atoms with Crippen molar-refractivity contribution in [1.29, 1.82) is 0 Å². The predicted molar refractivity (Wildman–Crippen MR) is 87.0 cm³/mol. The summed E-state index contributed by atoms with van der Waals surface area (Å²) in [6, 6.07) is 16.1. The van der Waals surface area contributed by atoms with Gasteiger partial charge in [0.05, 0.1) is 7.11 Å². The molecule has 0 radical (unpaired) electrons. The van der Waals surface area contributed by atoms with E-state index >= 15 is 0 Å². The lowest BCUT2D eigenvalue weighted by atomic mass is 10.1. The number of rotatable bonds is 5. The van der Waals surface area contributed by atoms with E-state index in [-0.39, 0.29) is 0 Å². The molecular weight excluding hydrogens is 282 g/mol. The molecule has 0 aliphatic carbocycles. The zero-order chi connectivity index (χ0) is 14.7. The number of methoxy groups -OCH3 is 1. The van der Waals surface area contributed by atoms with E-state index in [0.29, 0.717) is 13.2 Å². The molecule has 3 rings (SSSR count). The van der Waals surface area contributed by atoms with Gasteiger partial charge in [-0.15, -0.1) is 11.3 Å². The second kappa shape index (κ2) is 6.16. The molecule has 0 amide bonds. The molecule has 0 unspecified atom stereocenters. The summed E-state index contributed by atoms with van der Waals surface area (Å²) in [5.74, 6) is 1.61. The van der Waals surface area contributed by atoms with Gasteiger partial charge in [-0.25, -0.2) is 0 Å². The molecule has 21 heavy (non-hydrogen) atoms. The number of benzene rings is 2. The van der Waals surface area contributed by atoms with Gasteiger partial charge < -0.3 is 15.2 Å². The quantitative estimate of drug-likeness (QED) is 0.776. The number of hydrogen-bond acceptors (Lipinski definition) is 4. The van der Waals surface area contributed by atoms with E-state index in [1.165, 1.54) is 20.5 Å². The molecule has 108 valence electrons. The third-order valence-electron chi connectivity index (χ3n) is 3.35. The van der Waals surface area contributed by atoms with Crippen molar-refractivity contribution in [1.82, 2.24) is 0 Å². The molecule has 4 heteroatoms. The second-order valence-corrected chi connectivity index (χ2v) is 5.88. The summed E-state index contributed by atoms with van der Waals surface area (Å²) in [6.45, 7) is 1.11. The Kier molecular flexibility index (Phi) is 4.08. The standard InChI is InChI=1S/C17H17NO2S/c1-19-13-5-3-6-14(8-13)20-11-15-9-16-12(10-18)4-2-7-17(16)21-15/h2-9H,10-11,18H2,1H3. The summed E-state index contributed by atoms with van der Waals surface area (Å²) in [5.41, 5.74) is 6.96. The Bertz CT molecular complexity index is 751. The second-order valence-electron chi connectivity index (χ2n) is 4.71. The Morgan fingerprint density at radius 2 is 1.86 bits per heavy atom. The van der Waals surface area contributed by atoms with E-state index in [4.69, 9.17) is 15.2 Å². The van der Waals surface area contributed by atoms with Gasteiger partial charge in [0.15, 0.2) is 0 Å². The summed E-state index contributed by atoms with van der Waals surface area (Å²) in [6.07, 6.45) is 0. The summed E-state index contributed by atoms with van der Waals surface area (Å²) in [5, 5.41) is 1.23. The van der Waals surface area contributed by atoms with Gasteiger partial charge >= 0.3 is 0 Å². The molecule has 3 aromatic rings. The first-order chi connectivity index (χ1) is 10.3. The van der Waals surface area contributed by atoms with E-state index in [0.717, 1.165) is 11.5 Å². The minimum atomic E-state index is 0.552. The van der Waals surface area contributed by atoms with E-state index in [1.54, 1.807) is 18.4 Å². The van der Waals surface area contributed by atoms with Gasteiger partial charge in [-0.1, -0.05) is 18.2 Å². The Labute approximate surface area is 127 Å². The van der Waals surface area contributed by atoms with Crippen molar-refractivity contribution >= 4 is 21.4 Å². The van der Waals surface area contributed by atoms with E-state index in [2.05, 4.69) is 18.2 Å². The van der Waals surface area contributed by atoms with Gasteiger partial charge in [0.2, 0.25) is 0 Å². The van der Waals surface area contributed by atoms with Crippen LogP contribution in [0.1, 0.15) is 10.4 Å². The van der Waals surface area contributed by atoms with Crippen LogP contribution >= 0.6 is 11.3 Å². The number of fused-ring (bicyclic) bond motifs is 1. The molecule has 2 aromatic carbocycles. The SMILES string of the molecule is COc1cccc(OCc2cc3c(CN)cccc3s2)c1. The normalized spacial score (nSPS) is 10.8. The summed E-state index contributed by atoms with van der Waals surface area (Å²) in [4.78, 5) is 1.19. The monoisotopic (exact) mass is 299 g/mol. The number of thiophene rings is 1. The topological polar surface area (TPSA) is 44.5 Å². The molecule has 1 aromatic heterocycles. The third kappa shape index (κ3) is 3.01. The number of nitrogens with two attached hydrogens (primary N) is 1. The van der Waals surface area contributed by atoms with Crippen LogP contribution in [0.4, 0.5) is 0 Å². The van der Waals surface area contributed by atoms with Crippen LogP contribution < -0.4 is 15.2 Å². The van der Waals surface area contributed by atoms with Crippen molar-refractivity contribution in [2.45, 2.75) is 13.2 Å². The molecule has 0 saturated carbocycles. The molecule has 0 fully saturated rings. The van der Waals surface area contributed by atoms with Crippen LogP contribution in [0.15, 0.2) is 48.5 Å². The van der Waals surface area contributed by atoms with Crippen LogP contribution in [0.2, 0.25) is 0 Å². The van der Waals surface area contributed by atoms with E-state index < -0.39 is 0 Å². The molecule has 0 spiro atoms. The van der Waals surface area contributed by atoms with Crippen LogP contribution in [-0.2, 0) is 13.2 Å². The Balaban J connectivity index is 1.78. The minimum absolute atomic E-state index is 0.552. The fourth-order valence-corrected chi connectivity index (χ4v) is 3.29. The van der Waals surface area contributed by atoms with Crippen molar-refractivity contribution in [2.24, 2.45) is 5.73 Å². The zero-order valence-corrected chi connectivity index (χ0v) is 12.7. The van der Waals surface area contributed by atoms with Crippen molar-refractivity contribution in [3.63, 3.8) is 0 Å². The van der Waals surface area contributed by atoms with Gasteiger partial charge in [0.1, 0.15) is 18.1 Å². The van der Waals surface area contributed by atoms with Gasteiger partial charge in [-0.3, -0.25) is 0 Å². The van der Waals surface area contributed by atoms with Crippen LogP contribution in [0.3, 0.4) is 0 Å². The highest BCUT2D eigenvalue weighted by molar-refractivity contribution is 7.19. The van der Waals surface area contributed by atoms with Crippen LogP contribution in [0.25, 0.3) is 10.1 Å². The maximum atomic E-state index is 5.84. The molecule has 0 saturated heterocycles. The number of ether oxygens (including phenoxy) is 2. The van der Waals surface area contributed by atoms with Gasteiger partial charge in [0, 0.05) is 22.2 Å². The third-order valence-corrected chi connectivity index (χ3v) is 4.42. The maximum Gasteiger partial charge on any atom is 0.123 e. The summed E-state index contributed by atoms with van der Waals surface area (Å²) < 4.78 is 12.3. The Morgan fingerprint density at radius 1 is 1.05 bits per heavy atom. The van der Waals surface area contributed by atoms with Crippen molar-refractivity contribution < 1.29 is 9.47 Å². The molecule has 0 aliphatic rings. The van der Waals surface area contributed by atoms with Crippen LogP contribution in [-0.4, -0.2) is 7.11 Å². The smallest absolute Gasteiger partial charge is 0.123 e. The highest BCUT2D eigenvalue weighted by atomic mass is 32.1. The van der Waals surface area contributed by atoms with Crippen molar-refractivity contribution in [3.05, 3.63) is 59.0 Å². The lowest BCUT2D eigenvalue weighted by Gasteiger charge is -2.06. The van der Waals surface area contributed by atoms with Crippen molar-refractivity contribution in [2.75, 3.05) is 7.11 Å². The lowest BCUT2D eigenvalue weighted by Crippen LogP contribution is -1.96. The number of hydrogen-bond donors (Lipinski definition) is 1. The summed E-state index contributed by atoms with van der Waals surface area (Å²) in [7, 11) is 1.65. The molecular formula is C17H17NO2S. The highest BCUT2D eigenvalue weighted by Crippen LogP contribution is 2.29. The average molecular weight is 299 g/mol. The molecule has 0 atom stereocenters. The first-order valence-corrected chi connectivity index (χ1v) is 7.59. The minimum Gasteiger partial charge on any atom is -0.497 e. The fourth-order valence-electron chi connectivity index (χ4n) is 2.27. The van der Waals surface area contributed by atoms with E-state index in [9.17, 15) is 0 Å². The first kappa shape index (κ1) is 13.9. The first-order valence-electron chi connectivity index (χ1n) is 6.77.